The molecule has 1 rings (SSSR count). The van der Waals surface area contributed by atoms with Gasteiger partial charge in [0.05, 0.1) is 6.10 Å². The Morgan fingerprint density at radius 2 is 2.28 bits per heavy atom. The van der Waals surface area contributed by atoms with E-state index in [2.05, 4.69) is 0 Å². The van der Waals surface area contributed by atoms with Gasteiger partial charge in [0.15, 0.2) is 6.61 Å². The third kappa shape index (κ3) is 5.38. The summed E-state index contributed by atoms with van der Waals surface area (Å²) in [6, 6.07) is 6.91. The molecule has 0 aliphatic heterocycles. The Bertz CT molecular complexity index is 396. The first-order chi connectivity index (χ1) is 8.49. The number of carbonyl (C=O) groups is 1. The Balaban J connectivity index is 2.36. The van der Waals surface area contributed by atoms with Crippen LogP contribution in [0.4, 0.5) is 0 Å². The average Bonchev–Trinajstić information content (AvgIpc) is 2.33. The molecule has 0 fully saturated rings. The van der Waals surface area contributed by atoms with E-state index in [1.54, 1.807) is 38.2 Å². The lowest BCUT2D eigenvalue weighted by Gasteiger charge is -2.18. The lowest BCUT2D eigenvalue weighted by atomic mass is 10.3. The van der Waals surface area contributed by atoms with Crippen LogP contribution in [-0.4, -0.2) is 42.2 Å². The predicted octanol–water partition coefficient (Wildman–Crippen LogP) is 1.95. The van der Waals surface area contributed by atoms with Crippen molar-refractivity contribution in [3.63, 3.8) is 0 Å². The lowest BCUT2D eigenvalue weighted by Crippen LogP contribution is -2.33. The molecule has 0 radical (unpaired) electrons. The molecule has 5 heteroatoms. The van der Waals surface area contributed by atoms with Crippen molar-refractivity contribution in [3.05, 3.63) is 29.3 Å². The van der Waals surface area contributed by atoms with E-state index < -0.39 is 6.10 Å². The summed E-state index contributed by atoms with van der Waals surface area (Å²) >= 11 is 5.80. The average molecular weight is 272 g/mol. The van der Waals surface area contributed by atoms with E-state index in [0.29, 0.717) is 23.7 Å². The number of likely N-dealkylation sites (N-methyl/N-ethyl adjacent to an activating group) is 1. The molecule has 1 N–H and O–H groups in total. The number of hydrogen-bond acceptors (Lipinski definition) is 3. The first-order valence-corrected chi connectivity index (χ1v) is 6.17. The Morgan fingerprint density at radius 3 is 2.89 bits per heavy atom. The summed E-state index contributed by atoms with van der Waals surface area (Å²) in [6.45, 7) is 2.17. The van der Waals surface area contributed by atoms with E-state index >= 15 is 0 Å². The summed E-state index contributed by atoms with van der Waals surface area (Å²) in [5.74, 6) is 0.440. The van der Waals surface area contributed by atoms with E-state index in [1.807, 2.05) is 0 Å². The maximum Gasteiger partial charge on any atom is 0.260 e. The molecule has 0 saturated heterocycles. The molecule has 4 nitrogen and oxygen atoms in total. The molecular weight excluding hydrogens is 254 g/mol. The van der Waals surface area contributed by atoms with Crippen molar-refractivity contribution < 1.29 is 14.6 Å². The maximum absolute atomic E-state index is 11.7. The molecule has 0 heterocycles. The van der Waals surface area contributed by atoms with Gasteiger partial charge in [-0.3, -0.25) is 4.79 Å². The second-order valence-electron chi connectivity index (χ2n) is 4.20. The third-order valence-electron chi connectivity index (χ3n) is 2.47. The molecule has 18 heavy (non-hydrogen) atoms. The van der Waals surface area contributed by atoms with Gasteiger partial charge >= 0.3 is 0 Å². The first kappa shape index (κ1) is 14.8. The third-order valence-corrected chi connectivity index (χ3v) is 2.70. The van der Waals surface area contributed by atoms with Crippen LogP contribution in [0.3, 0.4) is 0 Å². The number of amides is 1. The summed E-state index contributed by atoms with van der Waals surface area (Å²) in [6.07, 6.45) is 0.147. The van der Waals surface area contributed by atoms with Crippen LogP contribution in [-0.2, 0) is 4.79 Å². The van der Waals surface area contributed by atoms with E-state index in [-0.39, 0.29) is 12.5 Å². The van der Waals surface area contributed by atoms with Crippen LogP contribution in [0.2, 0.25) is 5.02 Å². The highest BCUT2D eigenvalue weighted by Gasteiger charge is 2.10. The number of ether oxygens (including phenoxy) is 1. The molecule has 1 atom stereocenters. The SMILES string of the molecule is CC(O)CCN(C)C(=O)COc1cccc(Cl)c1. The van der Waals surface area contributed by atoms with Crippen LogP contribution in [0.25, 0.3) is 0 Å². The van der Waals surface area contributed by atoms with Crippen LogP contribution in [0.1, 0.15) is 13.3 Å². The summed E-state index contributed by atoms with van der Waals surface area (Å²) in [5, 5.41) is 9.71. The predicted molar refractivity (Wildman–Crippen MR) is 70.9 cm³/mol. The number of aliphatic hydroxyl groups is 1. The van der Waals surface area contributed by atoms with Crippen molar-refractivity contribution >= 4 is 17.5 Å². The van der Waals surface area contributed by atoms with Gasteiger partial charge in [-0.2, -0.15) is 0 Å². The number of nitrogens with zero attached hydrogens (tertiary/aromatic N) is 1. The summed E-state index contributed by atoms with van der Waals surface area (Å²) in [4.78, 5) is 13.2. The van der Waals surface area contributed by atoms with Gasteiger partial charge in [0.2, 0.25) is 0 Å². The van der Waals surface area contributed by atoms with E-state index in [4.69, 9.17) is 21.4 Å². The molecule has 1 aromatic rings. The van der Waals surface area contributed by atoms with Gasteiger partial charge in [-0.05, 0) is 31.5 Å². The van der Waals surface area contributed by atoms with Gasteiger partial charge in [-0.15, -0.1) is 0 Å². The molecule has 1 aromatic carbocycles. The molecule has 0 spiro atoms. The number of hydrogen-bond donors (Lipinski definition) is 1. The topological polar surface area (TPSA) is 49.8 Å². The fourth-order valence-electron chi connectivity index (χ4n) is 1.32. The highest BCUT2D eigenvalue weighted by atomic mass is 35.5. The minimum Gasteiger partial charge on any atom is -0.484 e. The number of rotatable bonds is 6. The Hall–Kier alpha value is -1.26. The van der Waals surface area contributed by atoms with Crippen molar-refractivity contribution in [1.29, 1.82) is 0 Å². The minimum absolute atomic E-state index is 0.0311. The molecule has 0 aliphatic carbocycles. The van der Waals surface area contributed by atoms with Gasteiger partial charge in [0.25, 0.3) is 5.91 Å². The monoisotopic (exact) mass is 271 g/mol. The quantitative estimate of drug-likeness (QED) is 0.860. The van der Waals surface area contributed by atoms with Crippen molar-refractivity contribution in [1.82, 2.24) is 4.90 Å². The Kier molecular flexibility index (Phi) is 5.95. The second kappa shape index (κ2) is 7.24. The van der Waals surface area contributed by atoms with Gasteiger partial charge < -0.3 is 14.7 Å². The molecule has 1 amide bonds. The van der Waals surface area contributed by atoms with Crippen molar-refractivity contribution in [2.45, 2.75) is 19.4 Å². The standard InChI is InChI=1S/C13H18ClNO3/c1-10(16)6-7-15(2)13(17)9-18-12-5-3-4-11(14)8-12/h3-5,8,10,16H,6-7,9H2,1-2H3. The number of carbonyl (C=O) groups excluding carboxylic acids is 1. The second-order valence-corrected chi connectivity index (χ2v) is 4.64. The Morgan fingerprint density at radius 1 is 1.56 bits per heavy atom. The fourth-order valence-corrected chi connectivity index (χ4v) is 1.50. The minimum atomic E-state index is -0.408. The smallest absolute Gasteiger partial charge is 0.260 e. The molecule has 1 unspecified atom stereocenters. The summed E-state index contributed by atoms with van der Waals surface area (Å²) in [5.41, 5.74) is 0. The zero-order chi connectivity index (χ0) is 13.5. The highest BCUT2D eigenvalue weighted by molar-refractivity contribution is 6.30. The van der Waals surface area contributed by atoms with Crippen LogP contribution in [0, 0.1) is 0 Å². The zero-order valence-electron chi connectivity index (χ0n) is 10.6. The fraction of sp³-hybridized carbons (Fsp3) is 0.462. The highest BCUT2D eigenvalue weighted by Crippen LogP contribution is 2.16. The number of halogens is 1. The number of aliphatic hydroxyl groups excluding tert-OH is 1. The maximum atomic E-state index is 11.7. The zero-order valence-corrected chi connectivity index (χ0v) is 11.4. The van der Waals surface area contributed by atoms with E-state index in [0.717, 1.165) is 0 Å². The van der Waals surface area contributed by atoms with Gasteiger partial charge in [-0.25, -0.2) is 0 Å². The van der Waals surface area contributed by atoms with Crippen LogP contribution < -0.4 is 4.74 Å². The van der Waals surface area contributed by atoms with Crippen molar-refractivity contribution in [3.8, 4) is 5.75 Å². The molecular formula is C13H18ClNO3. The van der Waals surface area contributed by atoms with Crippen molar-refractivity contribution in [2.75, 3.05) is 20.2 Å². The van der Waals surface area contributed by atoms with E-state index in [9.17, 15) is 4.79 Å². The largest absolute Gasteiger partial charge is 0.484 e. The van der Waals surface area contributed by atoms with Gasteiger partial charge in [0.1, 0.15) is 5.75 Å². The molecule has 0 aromatic heterocycles. The lowest BCUT2D eigenvalue weighted by molar-refractivity contribution is -0.132. The van der Waals surface area contributed by atoms with Crippen LogP contribution >= 0.6 is 11.6 Å². The normalized spacial score (nSPS) is 12.0. The molecule has 0 bridgehead atoms. The van der Waals surface area contributed by atoms with Crippen LogP contribution in [0.15, 0.2) is 24.3 Å². The van der Waals surface area contributed by atoms with Crippen LogP contribution in [0.5, 0.6) is 5.75 Å². The van der Waals surface area contributed by atoms with E-state index in [1.165, 1.54) is 4.90 Å². The summed E-state index contributed by atoms with van der Waals surface area (Å²) in [7, 11) is 1.69. The molecule has 0 saturated carbocycles. The molecule has 100 valence electrons. The Labute approximate surface area is 112 Å². The van der Waals surface area contributed by atoms with Crippen molar-refractivity contribution in [2.24, 2.45) is 0 Å². The van der Waals surface area contributed by atoms with Gasteiger partial charge in [0, 0.05) is 18.6 Å². The first-order valence-electron chi connectivity index (χ1n) is 5.79. The summed E-state index contributed by atoms with van der Waals surface area (Å²) < 4.78 is 5.34. The van der Waals surface area contributed by atoms with Gasteiger partial charge in [-0.1, -0.05) is 17.7 Å². The number of benzene rings is 1. The molecule has 0 aliphatic rings.